The van der Waals surface area contributed by atoms with Gasteiger partial charge in [0.1, 0.15) is 6.04 Å². The van der Waals surface area contributed by atoms with Gasteiger partial charge in [-0.1, -0.05) is 12.1 Å². The third kappa shape index (κ3) is 6.15. The van der Waals surface area contributed by atoms with Crippen molar-refractivity contribution in [2.45, 2.75) is 32.6 Å². The van der Waals surface area contributed by atoms with Crippen molar-refractivity contribution in [3.05, 3.63) is 47.8 Å². The summed E-state index contributed by atoms with van der Waals surface area (Å²) >= 11 is 1.52. The zero-order chi connectivity index (χ0) is 18.9. The second kappa shape index (κ2) is 9.91. The zero-order valence-corrected chi connectivity index (χ0v) is 16.0. The first kappa shape index (κ1) is 19.9. The number of nitrogens with zero attached hydrogens (tertiary/aromatic N) is 2. The lowest BCUT2D eigenvalue weighted by Crippen LogP contribution is -2.42. The molecule has 7 heteroatoms. The fraction of sp³-hybridized carbons (Fsp3) is 0.368. The van der Waals surface area contributed by atoms with E-state index in [1.807, 2.05) is 43.3 Å². The van der Waals surface area contributed by atoms with Crippen LogP contribution in [-0.4, -0.2) is 40.2 Å². The number of rotatable bonds is 8. The summed E-state index contributed by atoms with van der Waals surface area (Å²) in [6.45, 7) is 5.36. The zero-order valence-electron chi connectivity index (χ0n) is 15.2. The van der Waals surface area contributed by atoms with Crippen molar-refractivity contribution in [1.29, 1.82) is 0 Å². The van der Waals surface area contributed by atoms with E-state index in [4.69, 9.17) is 4.74 Å². The smallest absolute Gasteiger partial charge is 0.329 e. The highest BCUT2D eigenvalue weighted by molar-refractivity contribution is 7.98. The SMILES string of the molecule is CCOC(=O)[C@H](CSCc1cccc(-c2cccc(C)n2)n1)NC(C)=O. The summed E-state index contributed by atoms with van der Waals surface area (Å²) in [4.78, 5) is 32.3. The third-order valence-corrected chi connectivity index (χ3v) is 4.51. The van der Waals surface area contributed by atoms with Gasteiger partial charge in [0.15, 0.2) is 0 Å². The van der Waals surface area contributed by atoms with Crippen LogP contribution in [0.3, 0.4) is 0 Å². The molecule has 0 aliphatic rings. The molecular weight excluding hydrogens is 350 g/mol. The highest BCUT2D eigenvalue weighted by Gasteiger charge is 2.20. The molecule has 26 heavy (non-hydrogen) atoms. The Morgan fingerprint density at radius 1 is 1.15 bits per heavy atom. The average molecular weight is 373 g/mol. The maximum Gasteiger partial charge on any atom is 0.329 e. The van der Waals surface area contributed by atoms with Gasteiger partial charge in [-0.15, -0.1) is 0 Å². The van der Waals surface area contributed by atoms with Gasteiger partial charge >= 0.3 is 5.97 Å². The second-order valence-electron chi connectivity index (χ2n) is 5.70. The van der Waals surface area contributed by atoms with Crippen LogP contribution in [0.4, 0.5) is 0 Å². The van der Waals surface area contributed by atoms with Crippen LogP contribution in [0, 0.1) is 6.92 Å². The van der Waals surface area contributed by atoms with Crippen LogP contribution in [0.25, 0.3) is 11.4 Å². The molecule has 0 aliphatic carbocycles. The number of esters is 1. The normalized spacial score (nSPS) is 11.7. The Balaban J connectivity index is 1.99. The monoisotopic (exact) mass is 373 g/mol. The van der Waals surface area contributed by atoms with Crippen LogP contribution in [0.5, 0.6) is 0 Å². The first-order chi connectivity index (χ1) is 12.5. The largest absolute Gasteiger partial charge is 0.464 e. The highest BCUT2D eigenvalue weighted by Crippen LogP contribution is 2.18. The number of hydrogen-bond donors (Lipinski definition) is 1. The Hall–Kier alpha value is -2.41. The molecule has 1 amide bonds. The van der Waals surface area contributed by atoms with Gasteiger partial charge in [0.2, 0.25) is 5.91 Å². The number of amides is 1. The summed E-state index contributed by atoms with van der Waals surface area (Å²) in [6.07, 6.45) is 0. The molecule has 1 atom stereocenters. The summed E-state index contributed by atoms with van der Waals surface area (Å²) in [7, 11) is 0. The van der Waals surface area contributed by atoms with Crippen LogP contribution in [0.1, 0.15) is 25.2 Å². The number of aryl methyl sites for hydroxylation is 1. The first-order valence-electron chi connectivity index (χ1n) is 8.41. The van der Waals surface area contributed by atoms with Gasteiger partial charge in [0.25, 0.3) is 0 Å². The van der Waals surface area contributed by atoms with Crippen LogP contribution in [0.15, 0.2) is 36.4 Å². The lowest BCUT2D eigenvalue weighted by molar-refractivity contribution is -0.146. The minimum Gasteiger partial charge on any atom is -0.464 e. The van der Waals surface area contributed by atoms with E-state index >= 15 is 0 Å². The Kier molecular flexibility index (Phi) is 7.59. The number of hydrogen-bond acceptors (Lipinski definition) is 6. The molecule has 2 aromatic rings. The fourth-order valence-electron chi connectivity index (χ4n) is 2.33. The van der Waals surface area contributed by atoms with E-state index in [1.165, 1.54) is 18.7 Å². The van der Waals surface area contributed by atoms with Gasteiger partial charge in [-0.05, 0) is 38.1 Å². The van der Waals surface area contributed by atoms with Crippen LogP contribution >= 0.6 is 11.8 Å². The number of ether oxygens (including phenoxy) is 1. The van der Waals surface area contributed by atoms with Gasteiger partial charge in [0, 0.05) is 24.1 Å². The molecular formula is C19H23N3O3S. The van der Waals surface area contributed by atoms with E-state index in [0.29, 0.717) is 11.5 Å². The van der Waals surface area contributed by atoms with E-state index in [1.54, 1.807) is 6.92 Å². The van der Waals surface area contributed by atoms with E-state index < -0.39 is 12.0 Å². The number of thioether (sulfide) groups is 1. The van der Waals surface area contributed by atoms with Crippen molar-refractivity contribution in [2.24, 2.45) is 0 Å². The summed E-state index contributed by atoms with van der Waals surface area (Å²) < 4.78 is 5.00. The Labute approximate surface area is 157 Å². The van der Waals surface area contributed by atoms with Gasteiger partial charge in [-0.25, -0.2) is 4.79 Å². The lowest BCUT2D eigenvalue weighted by atomic mass is 10.2. The van der Waals surface area contributed by atoms with Crippen molar-refractivity contribution >= 4 is 23.6 Å². The molecule has 2 rings (SSSR count). The molecule has 6 nitrogen and oxygen atoms in total. The molecule has 2 aromatic heterocycles. The van der Waals surface area contributed by atoms with Gasteiger partial charge < -0.3 is 10.1 Å². The number of carbonyl (C=O) groups is 2. The molecule has 0 aromatic carbocycles. The van der Waals surface area contributed by atoms with Gasteiger partial charge in [0.05, 0.1) is 23.7 Å². The minimum atomic E-state index is -0.654. The quantitative estimate of drug-likeness (QED) is 0.717. The molecule has 0 bridgehead atoms. The van der Waals surface area contributed by atoms with Gasteiger partial charge in [-0.3, -0.25) is 14.8 Å². The summed E-state index contributed by atoms with van der Waals surface area (Å²) in [5.74, 6) is 0.373. The highest BCUT2D eigenvalue weighted by atomic mass is 32.2. The predicted octanol–water partition coefficient (Wildman–Crippen LogP) is 2.75. The summed E-state index contributed by atoms with van der Waals surface area (Å²) in [5, 5.41) is 2.63. The summed E-state index contributed by atoms with van der Waals surface area (Å²) in [6, 6.07) is 11.0. The van der Waals surface area contributed by atoms with Crippen molar-refractivity contribution < 1.29 is 14.3 Å². The van der Waals surface area contributed by atoms with Crippen LogP contribution in [-0.2, 0) is 20.1 Å². The molecule has 0 spiro atoms. The lowest BCUT2D eigenvalue weighted by Gasteiger charge is -2.15. The van der Waals surface area contributed by atoms with Crippen molar-refractivity contribution in [3.8, 4) is 11.4 Å². The maximum absolute atomic E-state index is 11.9. The van der Waals surface area contributed by atoms with Crippen molar-refractivity contribution in [2.75, 3.05) is 12.4 Å². The topological polar surface area (TPSA) is 81.2 Å². The second-order valence-corrected chi connectivity index (χ2v) is 6.73. The van der Waals surface area contributed by atoms with Crippen LogP contribution < -0.4 is 5.32 Å². The summed E-state index contributed by atoms with van der Waals surface area (Å²) in [5.41, 5.74) is 3.48. The van der Waals surface area contributed by atoms with Crippen LogP contribution in [0.2, 0.25) is 0 Å². The number of pyridine rings is 2. The van der Waals surface area contributed by atoms with E-state index in [2.05, 4.69) is 15.3 Å². The fourth-order valence-corrected chi connectivity index (χ4v) is 3.27. The number of aromatic nitrogens is 2. The molecule has 1 N–H and O–H groups in total. The maximum atomic E-state index is 11.9. The molecule has 0 unspecified atom stereocenters. The Morgan fingerprint density at radius 2 is 1.85 bits per heavy atom. The van der Waals surface area contributed by atoms with Crippen molar-refractivity contribution in [3.63, 3.8) is 0 Å². The average Bonchev–Trinajstić information content (AvgIpc) is 2.61. The molecule has 0 aliphatic heterocycles. The Bertz CT molecular complexity index is 767. The molecule has 0 radical (unpaired) electrons. The predicted molar refractivity (Wildman–Crippen MR) is 103 cm³/mol. The molecule has 138 valence electrons. The molecule has 0 saturated heterocycles. The van der Waals surface area contributed by atoms with E-state index in [9.17, 15) is 9.59 Å². The minimum absolute atomic E-state index is 0.255. The third-order valence-electron chi connectivity index (χ3n) is 3.44. The molecule has 2 heterocycles. The Morgan fingerprint density at radius 3 is 2.50 bits per heavy atom. The van der Waals surface area contributed by atoms with E-state index in [-0.39, 0.29) is 12.5 Å². The number of carbonyl (C=O) groups excluding carboxylic acids is 2. The van der Waals surface area contributed by atoms with Gasteiger partial charge in [-0.2, -0.15) is 11.8 Å². The number of nitrogens with one attached hydrogen (secondary N) is 1. The standard InChI is InChI=1S/C19H23N3O3S/c1-4-25-19(24)18(21-14(3)23)12-26-11-15-8-6-10-17(22-15)16-9-5-7-13(2)20-16/h5-10,18H,4,11-12H2,1-3H3,(H,21,23)/t18-/m0/s1. The van der Waals surface area contributed by atoms with Crippen molar-refractivity contribution in [1.82, 2.24) is 15.3 Å². The molecule has 0 saturated carbocycles. The first-order valence-corrected chi connectivity index (χ1v) is 9.56. The molecule has 0 fully saturated rings. The van der Waals surface area contributed by atoms with E-state index in [0.717, 1.165) is 22.8 Å².